The van der Waals surface area contributed by atoms with Gasteiger partial charge < -0.3 is 4.74 Å². The van der Waals surface area contributed by atoms with Crippen molar-refractivity contribution in [3.8, 4) is 5.75 Å². The van der Waals surface area contributed by atoms with Gasteiger partial charge in [0.05, 0.1) is 11.1 Å². The number of hydrogen-bond acceptors (Lipinski definition) is 2. The molecular formula is C16H11NO. The minimum Gasteiger partial charge on any atom is -0.485 e. The highest BCUT2D eigenvalue weighted by Crippen LogP contribution is 2.58. The van der Waals surface area contributed by atoms with Crippen LogP contribution in [0.3, 0.4) is 0 Å². The molecule has 2 bridgehead atoms. The van der Waals surface area contributed by atoms with Crippen molar-refractivity contribution in [3.63, 3.8) is 0 Å². The summed E-state index contributed by atoms with van der Waals surface area (Å²) < 4.78 is 6.16. The van der Waals surface area contributed by atoms with Crippen LogP contribution in [0.25, 0.3) is 6.08 Å². The zero-order chi connectivity index (χ0) is 11.7. The third-order valence-corrected chi connectivity index (χ3v) is 4.49. The van der Waals surface area contributed by atoms with Gasteiger partial charge in [0.2, 0.25) is 0 Å². The minimum absolute atomic E-state index is 0.00743. The van der Waals surface area contributed by atoms with Gasteiger partial charge in [0.15, 0.2) is 0 Å². The van der Waals surface area contributed by atoms with E-state index in [0.717, 1.165) is 17.9 Å². The van der Waals surface area contributed by atoms with E-state index in [1.165, 1.54) is 16.7 Å². The molecule has 1 aromatic carbocycles. The monoisotopic (exact) mass is 233 g/mol. The van der Waals surface area contributed by atoms with Crippen LogP contribution in [0.4, 0.5) is 0 Å². The number of aliphatic imine (C=N–C) groups is 1. The average molecular weight is 233 g/mol. The maximum atomic E-state index is 6.16. The first-order valence-electron chi connectivity index (χ1n) is 6.33. The Labute approximate surface area is 105 Å². The summed E-state index contributed by atoms with van der Waals surface area (Å²) in [5.41, 5.74) is 5.06. The Hall–Kier alpha value is -2.09. The van der Waals surface area contributed by atoms with Crippen LogP contribution < -0.4 is 4.74 Å². The number of nitrogens with zero attached hydrogens (tertiary/aromatic N) is 1. The summed E-state index contributed by atoms with van der Waals surface area (Å²) in [7, 11) is 0. The molecule has 86 valence electrons. The van der Waals surface area contributed by atoms with Gasteiger partial charge in [-0.2, -0.15) is 0 Å². The van der Waals surface area contributed by atoms with Gasteiger partial charge in [0.1, 0.15) is 11.9 Å². The minimum atomic E-state index is -0.00743. The topological polar surface area (TPSA) is 21.6 Å². The van der Waals surface area contributed by atoms with Crippen molar-refractivity contribution in [3.05, 3.63) is 58.8 Å². The zero-order valence-electron chi connectivity index (χ0n) is 9.76. The molecule has 1 aromatic rings. The predicted octanol–water partition coefficient (Wildman–Crippen LogP) is 3.01. The molecule has 2 aliphatic carbocycles. The van der Waals surface area contributed by atoms with E-state index < -0.39 is 0 Å². The van der Waals surface area contributed by atoms with E-state index in [2.05, 4.69) is 47.5 Å². The Kier molecular flexibility index (Phi) is 1.32. The average Bonchev–Trinajstić information content (AvgIpc) is 2.70. The Bertz CT molecular complexity index is 708. The Morgan fingerprint density at radius 1 is 1.33 bits per heavy atom. The van der Waals surface area contributed by atoms with Crippen molar-refractivity contribution in [2.45, 2.75) is 17.9 Å². The van der Waals surface area contributed by atoms with Crippen molar-refractivity contribution in [2.24, 2.45) is 4.99 Å². The van der Waals surface area contributed by atoms with Crippen LogP contribution >= 0.6 is 0 Å². The van der Waals surface area contributed by atoms with Crippen molar-refractivity contribution in [2.75, 3.05) is 0 Å². The third kappa shape index (κ3) is 0.769. The van der Waals surface area contributed by atoms with E-state index in [9.17, 15) is 0 Å². The van der Waals surface area contributed by atoms with Crippen LogP contribution in [-0.4, -0.2) is 12.3 Å². The van der Waals surface area contributed by atoms with Crippen LogP contribution in [0.15, 0.2) is 52.7 Å². The lowest BCUT2D eigenvalue weighted by Crippen LogP contribution is -2.44. The molecule has 0 fully saturated rings. The first kappa shape index (κ1) is 8.92. The fourth-order valence-corrected chi connectivity index (χ4v) is 3.78. The summed E-state index contributed by atoms with van der Waals surface area (Å²) >= 11 is 0. The molecule has 4 aliphatic rings. The summed E-state index contributed by atoms with van der Waals surface area (Å²) in [4.78, 5) is 4.56. The van der Waals surface area contributed by atoms with Gasteiger partial charge in [-0.3, -0.25) is 4.99 Å². The second kappa shape index (κ2) is 2.66. The molecule has 0 amide bonds. The summed E-state index contributed by atoms with van der Waals surface area (Å²) in [5.74, 6) is 1.04. The lowest BCUT2D eigenvalue weighted by Gasteiger charge is -2.41. The molecule has 0 aromatic heterocycles. The lowest BCUT2D eigenvalue weighted by molar-refractivity contribution is 0.214. The number of rotatable bonds is 0. The standard InChI is InChI=1S/C16H11NO/c1-3-10-9-12-11-4-2-6-14-16(11,7-8-17-12)15(10)13(5-1)18-14/h1-6,8-9,14H,7H2. The van der Waals surface area contributed by atoms with Crippen LogP contribution in [0, 0.1) is 0 Å². The van der Waals surface area contributed by atoms with Gasteiger partial charge in [-0.15, -0.1) is 0 Å². The van der Waals surface area contributed by atoms with Crippen molar-refractivity contribution < 1.29 is 4.74 Å². The molecule has 0 N–H and O–H groups in total. The fraction of sp³-hybridized carbons (Fsp3) is 0.188. The van der Waals surface area contributed by atoms with Gasteiger partial charge in [-0.1, -0.05) is 24.3 Å². The summed E-state index contributed by atoms with van der Waals surface area (Å²) in [6.45, 7) is 0. The number of hydrogen-bond donors (Lipinski definition) is 0. The third-order valence-electron chi connectivity index (χ3n) is 4.49. The van der Waals surface area contributed by atoms with Gasteiger partial charge in [-0.25, -0.2) is 0 Å². The fourth-order valence-electron chi connectivity index (χ4n) is 3.78. The van der Waals surface area contributed by atoms with Gasteiger partial charge >= 0.3 is 0 Å². The van der Waals surface area contributed by atoms with Gasteiger partial charge in [0, 0.05) is 18.2 Å². The highest BCUT2D eigenvalue weighted by Gasteiger charge is 2.55. The SMILES string of the molecule is C1=CC2Oc3cccc4c3C23CC=NC(=C4)C3=C1. The first-order valence-corrected chi connectivity index (χ1v) is 6.33. The molecule has 2 unspecified atom stereocenters. The molecule has 18 heavy (non-hydrogen) atoms. The quantitative estimate of drug-likeness (QED) is 0.675. The molecule has 2 heterocycles. The Morgan fingerprint density at radius 3 is 3.33 bits per heavy atom. The van der Waals surface area contributed by atoms with Gasteiger partial charge in [-0.05, 0) is 29.4 Å². The van der Waals surface area contributed by atoms with Crippen molar-refractivity contribution in [1.82, 2.24) is 0 Å². The smallest absolute Gasteiger partial charge is 0.131 e. The number of ether oxygens (including phenoxy) is 1. The zero-order valence-corrected chi connectivity index (χ0v) is 9.76. The van der Waals surface area contributed by atoms with E-state index in [-0.39, 0.29) is 11.5 Å². The summed E-state index contributed by atoms with van der Waals surface area (Å²) in [6.07, 6.45) is 11.8. The van der Waals surface area contributed by atoms with Crippen LogP contribution in [0.1, 0.15) is 17.5 Å². The summed E-state index contributed by atoms with van der Waals surface area (Å²) in [5, 5.41) is 0. The molecule has 2 heteroatoms. The van der Waals surface area contributed by atoms with E-state index in [4.69, 9.17) is 4.74 Å². The van der Waals surface area contributed by atoms with E-state index in [0.29, 0.717) is 0 Å². The van der Waals surface area contributed by atoms with Crippen LogP contribution in [0.2, 0.25) is 0 Å². The van der Waals surface area contributed by atoms with Gasteiger partial charge in [0.25, 0.3) is 0 Å². The molecule has 2 atom stereocenters. The van der Waals surface area contributed by atoms with Crippen LogP contribution in [-0.2, 0) is 5.41 Å². The van der Waals surface area contributed by atoms with Crippen molar-refractivity contribution >= 4 is 12.3 Å². The van der Waals surface area contributed by atoms with E-state index >= 15 is 0 Å². The largest absolute Gasteiger partial charge is 0.485 e. The highest BCUT2D eigenvalue weighted by atomic mass is 16.5. The molecular weight excluding hydrogens is 222 g/mol. The van der Waals surface area contributed by atoms with E-state index in [1.807, 2.05) is 6.21 Å². The summed E-state index contributed by atoms with van der Waals surface area (Å²) in [6, 6.07) is 6.32. The molecule has 0 saturated carbocycles. The van der Waals surface area contributed by atoms with E-state index in [1.54, 1.807) is 0 Å². The lowest BCUT2D eigenvalue weighted by atomic mass is 9.62. The molecule has 0 radical (unpaired) electrons. The van der Waals surface area contributed by atoms with Crippen molar-refractivity contribution in [1.29, 1.82) is 0 Å². The second-order valence-corrected chi connectivity index (χ2v) is 5.24. The maximum Gasteiger partial charge on any atom is 0.131 e. The number of benzene rings is 1. The Balaban J connectivity index is 2.00. The Morgan fingerprint density at radius 2 is 2.33 bits per heavy atom. The predicted molar refractivity (Wildman–Crippen MR) is 70.8 cm³/mol. The maximum absolute atomic E-state index is 6.16. The second-order valence-electron chi connectivity index (χ2n) is 5.24. The molecule has 5 rings (SSSR count). The molecule has 0 saturated heterocycles. The molecule has 1 spiro atoms. The van der Waals surface area contributed by atoms with Crippen LogP contribution in [0.5, 0.6) is 5.75 Å². The normalized spacial score (nSPS) is 32.6. The molecule has 2 aliphatic heterocycles. The molecule has 2 nitrogen and oxygen atoms in total. The highest BCUT2D eigenvalue weighted by molar-refractivity contribution is 5.84. The number of allylic oxidation sites excluding steroid dienone is 3. The first-order chi connectivity index (χ1) is 8.89.